The van der Waals surface area contributed by atoms with E-state index in [1.54, 1.807) is 6.07 Å². The van der Waals surface area contributed by atoms with Gasteiger partial charge in [0.25, 0.3) is 0 Å². The van der Waals surface area contributed by atoms with Gasteiger partial charge >= 0.3 is 6.18 Å². The summed E-state index contributed by atoms with van der Waals surface area (Å²) < 4.78 is 51.2. The van der Waals surface area contributed by atoms with Gasteiger partial charge in [-0.25, -0.2) is 9.37 Å². The van der Waals surface area contributed by atoms with Crippen LogP contribution < -0.4 is 5.32 Å². The third-order valence-corrected chi connectivity index (χ3v) is 2.72. The number of pyridine rings is 1. The van der Waals surface area contributed by atoms with Crippen molar-refractivity contribution >= 4 is 5.69 Å². The zero-order valence-electron chi connectivity index (χ0n) is 10.6. The van der Waals surface area contributed by atoms with Gasteiger partial charge in [-0.15, -0.1) is 0 Å². The van der Waals surface area contributed by atoms with Gasteiger partial charge in [-0.3, -0.25) is 0 Å². The Hall–Kier alpha value is -2.62. The maximum atomic E-state index is 13.5. The molecule has 2 aromatic rings. The molecule has 7 heteroatoms. The highest BCUT2D eigenvalue weighted by Crippen LogP contribution is 2.31. The van der Waals surface area contributed by atoms with Gasteiger partial charge in [0.05, 0.1) is 11.3 Å². The van der Waals surface area contributed by atoms with Crippen molar-refractivity contribution in [2.75, 3.05) is 5.32 Å². The molecule has 0 radical (unpaired) electrons. The SMILES string of the molecule is N#Cc1cc(CNc2cc(C(F)(F)F)ccc2F)ccn1. The molecule has 108 valence electrons. The number of alkyl halides is 3. The number of nitrogens with one attached hydrogen (secondary N) is 1. The van der Waals surface area contributed by atoms with Crippen LogP contribution in [0.1, 0.15) is 16.8 Å². The van der Waals surface area contributed by atoms with Crippen molar-refractivity contribution in [3.05, 3.63) is 59.2 Å². The van der Waals surface area contributed by atoms with E-state index >= 15 is 0 Å². The van der Waals surface area contributed by atoms with Gasteiger partial charge in [0.1, 0.15) is 17.6 Å². The van der Waals surface area contributed by atoms with E-state index in [0.717, 1.165) is 6.07 Å². The van der Waals surface area contributed by atoms with Crippen LogP contribution in [0.4, 0.5) is 23.2 Å². The average molecular weight is 295 g/mol. The summed E-state index contributed by atoms with van der Waals surface area (Å²) in [7, 11) is 0. The Morgan fingerprint density at radius 2 is 1.95 bits per heavy atom. The fourth-order valence-electron chi connectivity index (χ4n) is 1.68. The van der Waals surface area contributed by atoms with Crippen molar-refractivity contribution in [3.8, 4) is 6.07 Å². The average Bonchev–Trinajstić information content (AvgIpc) is 2.45. The first-order chi connectivity index (χ1) is 9.90. The predicted octanol–water partition coefficient (Wildman–Crippen LogP) is 3.72. The molecule has 0 saturated carbocycles. The van der Waals surface area contributed by atoms with Gasteiger partial charge < -0.3 is 5.32 Å². The lowest BCUT2D eigenvalue weighted by Gasteiger charge is -2.11. The number of benzene rings is 1. The van der Waals surface area contributed by atoms with Crippen LogP contribution in [0.25, 0.3) is 0 Å². The fraction of sp³-hybridized carbons (Fsp3) is 0.143. The van der Waals surface area contributed by atoms with Gasteiger partial charge in [0.15, 0.2) is 0 Å². The van der Waals surface area contributed by atoms with E-state index in [2.05, 4.69) is 10.3 Å². The summed E-state index contributed by atoms with van der Waals surface area (Å²) in [5.41, 5.74) is -0.392. The number of hydrogen-bond donors (Lipinski definition) is 1. The molecule has 0 bridgehead atoms. The summed E-state index contributed by atoms with van der Waals surface area (Å²) in [4.78, 5) is 3.77. The smallest absolute Gasteiger partial charge is 0.379 e. The molecule has 0 aliphatic heterocycles. The minimum Gasteiger partial charge on any atom is -0.379 e. The van der Waals surface area contributed by atoms with Crippen molar-refractivity contribution in [1.29, 1.82) is 5.26 Å². The van der Waals surface area contributed by atoms with Gasteiger partial charge in [-0.2, -0.15) is 18.4 Å². The molecule has 0 saturated heterocycles. The summed E-state index contributed by atoms with van der Waals surface area (Å²) in [6.07, 6.45) is -3.13. The van der Waals surface area contributed by atoms with E-state index in [9.17, 15) is 17.6 Å². The maximum absolute atomic E-state index is 13.5. The molecule has 1 aromatic heterocycles. The molecule has 0 amide bonds. The summed E-state index contributed by atoms with van der Waals surface area (Å²) in [5, 5.41) is 11.3. The molecule has 0 aliphatic rings. The van der Waals surface area contributed by atoms with E-state index in [1.165, 1.54) is 12.3 Å². The second-order valence-corrected chi connectivity index (χ2v) is 4.21. The summed E-state index contributed by atoms with van der Waals surface area (Å²) in [6.45, 7) is 0.0788. The molecule has 1 N–H and O–H groups in total. The number of halogens is 4. The number of nitrogens with zero attached hydrogens (tertiary/aromatic N) is 2. The molecule has 2 rings (SSSR count). The molecule has 1 aromatic carbocycles. The first-order valence-corrected chi connectivity index (χ1v) is 5.86. The van der Waals surface area contributed by atoms with Gasteiger partial charge in [-0.05, 0) is 35.9 Å². The van der Waals surface area contributed by atoms with Gasteiger partial charge in [0.2, 0.25) is 0 Å². The lowest BCUT2D eigenvalue weighted by molar-refractivity contribution is -0.137. The monoisotopic (exact) mass is 295 g/mol. The minimum absolute atomic E-state index is 0.0788. The standard InChI is InChI=1S/C14H9F4N3/c15-12-2-1-10(14(16,17)18)6-13(12)21-8-9-3-4-20-11(5-9)7-19/h1-6,21H,8H2. The molecule has 21 heavy (non-hydrogen) atoms. The zero-order valence-corrected chi connectivity index (χ0v) is 10.6. The van der Waals surface area contributed by atoms with E-state index < -0.39 is 17.6 Å². The summed E-state index contributed by atoms with van der Waals surface area (Å²) in [5.74, 6) is -0.780. The maximum Gasteiger partial charge on any atom is 0.416 e. The van der Waals surface area contributed by atoms with Crippen LogP contribution >= 0.6 is 0 Å². The van der Waals surface area contributed by atoms with Crippen molar-refractivity contribution < 1.29 is 17.6 Å². The second kappa shape index (κ2) is 5.79. The molecule has 0 atom stereocenters. The number of hydrogen-bond acceptors (Lipinski definition) is 3. The van der Waals surface area contributed by atoms with Crippen LogP contribution in [0.15, 0.2) is 36.5 Å². The highest BCUT2D eigenvalue weighted by atomic mass is 19.4. The predicted molar refractivity (Wildman–Crippen MR) is 67.7 cm³/mol. The lowest BCUT2D eigenvalue weighted by Crippen LogP contribution is -2.08. The molecule has 3 nitrogen and oxygen atoms in total. The summed E-state index contributed by atoms with van der Waals surface area (Å²) >= 11 is 0. The van der Waals surface area contributed by atoms with Crippen LogP contribution in [0.5, 0.6) is 0 Å². The summed E-state index contributed by atoms with van der Waals surface area (Å²) in [6, 6.07) is 7.05. The number of aromatic nitrogens is 1. The quantitative estimate of drug-likeness (QED) is 0.878. The van der Waals surface area contributed by atoms with E-state index in [-0.39, 0.29) is 17.9 Å². The number of rotatable bonds is 3. The topological polar surface area (TPSA) is 48.7 Å². The molecular weight excluding hydrogens is 286 g/mol. The minimum atomic E-state index is -4.53. The van der Waals surface area contributed by atoms with Crippen LogP contribution in [0.2, 0.25) is 0 Å². The van der Waals surface area contributed by atoms with Crippen LogP contribution in [-0.2, 0) is 12.7 Å². The Labute approximate surface area is 117 Å². The van der Waals surface area contributed by atoms with Crippen molar-refractivity contribution in [2.24, 2.45) is 0 Å². The second-order valence-electron chi connectivity index (χ2n) is 4.21. The van der Waals surface area contributed by atoms with Gasteiger partial charge in [0, 0.05) is 12.7 Å². The van der Waals surface area contributed by atoms with Crippen LogP contribution in [-0.4, -0.2) is 4.98 Å². The molecular formula is C14H9F4N3. The molecule has 0 unspecified atom stereocenters. The first-order valence-electron chi connectivity index (χ1n) is 5.86. The third kappa shape index (κ3) is 3.69. The Morgan fingerprint density at radius 3 is 2.62 bits per heavy atom. The van der Waals surface area contributed by atoms with E-state index in [1.807, 2.05) is 6.07 Å². The Kier molecular flexibility index (Phi) is 4.08. The Balaban J connectivity index is 2.18. The molecule has 0 aliphatic carbocycles. The van der Waals surface area contributed by atoms with Crippen molar-refractivity contribution in [3.63, 3.8) is 0 Å². The highest BCUT2D eigenvalue weighted by Gasteiger charge is 2.31. The van der Waals surface area contributed by atoms with Crippen molar-refractivity contribution in [1.82, 2.24) is 4.98 Å². The fourth-order valence-corrected chi connectivity index (χ4v) is 1.68. The Morgan fingerprint density at radius 1 is 1.19 bits per heavy atom. The number of anilines is 1. The first kappa shape index (κ1) is 14.8. The molecule has 0 spiro atoms. The van der Waals surface area contributed by atoms with Crippen molar-refractivity contribution in [2.45, 2.75) is 12.7 Å². The van der Waals surface area contributed by atoms with Crippen LogP contribution in [0.3, 0.4) is 0 Å². The zero-order chi connectivity index (χ0) is 15.5. The lowest BCUT2D eigenvalue weighted by atomic mass is 10.1. The van der Waals surface area contributed by atoms with E-state index in [0.29, 0.717) is 17.7 Å². The normalized spacial score (nSPS) is 11.0. The highest BCUT2D eigenvalue weighted by molar-refractivity contribution is 5.48. The number of nitriles is 1. The van der Waals surface area contributed by atoms with Gasteiger partial charge in [-0.1, -0.05) is 0 Å². The third-order valence-electron chi connectivity index (χ3n) is 2.72. The van der Waals surface area contributed by atoms with Crippen LogP contribution in [0, 0.1) is 17.1 Å². The Bertz CT molecular complexity index is 689. The molecule has 1 heterocycles. The largest absolute Gasteiger partial charge is 0.416 e. The van der Waals surface area contributed by atoms with E-state index in [4.69, 9.17) is 5.26 Å². The molecule has 0 fully saturated rings.